The lowest BCUT2D eigenvalue weighted by molar-refractivity contribution is 0.0694. The van der Waals surface area contributed by atoms with Crippen molar-refractivity contribution < 1.29 is 4.79 Å². The van der Waals surface area contributed by atoms with Gasteiger partial charge in [0.25, 0.3) is 5.91 Å². The van der Waals surface area contributed by atoms with E-state index in [0.717, 1.165) is 34.1 Å². The third kappa shape index (κ3) is 2.41. The van der Waals surface area contributed by atoms with Crippen LogP contribution in [0, 0.1) is 13.8 Å². The maximum atomic E-state index is 13.2. The van der Waals surface area contributed by atoms with Crippen LogP contribution in [0.25, 0.3) is 0 Å². The molecule has 0 spiro atoms. The third-order valence-electron chi connectivity index (χ3n) is 4.31. The normalized spacial score (nSPS) is 16.9. The molecular formula is C17H17N5OS. The van der Waals surface area contributed by atoms with Gasteiger partial charge in [-0.25, -0.2) is 9.97 Å². The Hall–Kier alpha value is -2.54. The highest BCUT2D eigenvalue weighted by Gasteiger charge is 2.35. The van der Waals surface area contributed by atoms with Crippen molar-refractivity contribution in [3.63, 3.8) is 0 Å². The molecule has 0 aromatic carbocycles. The summed E-state index contributed by atoms with van der Waals surface area (Å²) in [4.78, 5) is 32.0. The number of thiazole rings is 1. The first-order valence-electron chi connectivity index (χ1n) is 7.82. The number of H-pyrrole nitrogens is 1. The number of carbonyl (C=O) groups excluding carboxylic acids is 1. The van der Waals surface area contributed by atoms with E-state index in [2.05, 4.69) is 19.9 Å². The van der Waals surface area contributed by atoms with Gasteiger partial charge in [-0.2, -0.15) is 0 Å². The summed E-state index contributed by atoms with van der Waals surface area (Å²) < 4.78 is 0. The number of aromatic amines is 1. The zero-order valence-corrected chi connectivity index (χ0v) is 14.3. The SMILES string of the molecule is Cc1nc(C)c(C(=O)N2CCc3[nH]cnc3[C@@H]2c2ccncc2)s1. The van der Waals surface area contributed by atoms with Gasteiger partial charge in [0.05, 0.1) is 22.7 Å². The predicted octanol–water partition coefficient (Wildman–Crippen LogP) is 2.67. The van der Waals surface area contributed by atoms with Crippen molar-refractivity contribution in [1.82, 2.24) is 24.8 Å². The van der Waals surface area contributed by atoms with Crippen molar-refractivity contribution in [2.75, 3.05) is 6.54 Å². The van der Waals surface area contributed by atoms with Crippen molar-refractivity contribution in [2.45, 2.75) is 26.3 Å². The third-order valence-corrected chi connectivity index (χ3v) is 5.37. The Bertz CT molecular complexity index is 886. The number of rotatable bonds is 2. The lowest BCUT2D eigenvalue weighted by Gasteiger charge is -2.35. The van der Waals surface area contributed by atoms with Gasteiger partial charge in [-0.15, -0.1) is 11.3 Å². The summed E-state index contributed by atoms with van der Waals surface area (Å²) in [5.74, 6) is 0.0218. The van der Waals surface area contributed by atoms with E-state index in [1.165, 1.54) is 11.3 Å². The average molecular weight is 339 g/mol. The second-order valence-electron chi connectivity index (χ2n) is 5.85. The molecule has 0 saturated carbocycles. The summed E-state index contributed by atoms with van der Waals surface area (Å²) in [5.41, 5.74) is 3.83. The van der Waals surface area contributed by atoms with Crippen molar-refractivity contribution in [1.29, 1.82) is 0 Å². The van der Waals surface area contributed by atoms with Crippen molar-refractivity contribution in [3.8, 4) is 0 Å². The molecule has 0 aliphatic carbocycles. The largest absolute Gasteiger partial charge is 0.348 e. The van der Waals surface area contributed by atoms with Crippen molar-refractivity contribution in [3.05, 3.63) is 63.4 Å². The molecular weight excluding hydrogens is 322 g/mol. The van der Waals surface area contributed by atoms with Crippen LogP contribution in [0.1, 0.15) is 43.4 Å². The van der Waals surface area contributed by atoms with Gasteiger partial charge in [0, 0.05) is 31.1 Å². The highest BCUT2D eigenvalue weighted by atomic mass is 32.1. The Morgan fingerprint density at radius 3 is 2.83 bits per heavy atom. The van der Waals surface area contributed by atoms with Crippen molar-refractivity contribution >= 4 is 17.2 Å². The Kier molecular flexibility index (Phi) is 3.65. The standard InChI is InChI=1S/C17H17N5OS/c1-10-16(24-11(2)21-10)17(23)22-8-5-13-14(20-9-19-13)15(22)12-3-6-18-7-4-12/h3-4,6-7,9,15H,5,8H2,1-2H3,(H,19,20)/t15-/m0/s1. The van der Waals surface area contributed by atoms with Crippen LogP contribution in [0.3, 0.4) is 0 Å². The van der Waals surface area contributed by atoms with Gasteiger partial charge < -0.3 is 9.88 Å². The molecule has 0 saturated heterocycles. The molecule has 4 rings (SSSR count). The average Bonchev–Trinajstić information content (AvgIpc) is 3.19. The topological polar surface area (TPSA) is 74.8 Å². The molecule has 0 unspecified atom stereocenters. The zero-order chi connectivity index (χ0) is 16.7. The summed E-state index contributed by atoms with van der Waals surface area (Å²) >= 11 is 1.45. The van der Waals surface area contributed by atoms with E-state index < -0.39 is 0 Å². The molecule has 1 aliphatic rings. The van der Waals surface area contributed by atoms with Gasteiger partial charge in [0.2, 0.25) is 0 Å². The minimum atomic E-state index is -0.197. The molecule has 3 aromatic rings. The molecule has 3 aromatic heterocycles. The number of aromatic nitrogens is 4. The quantitative estimate of drug-likeness (QED) is 0.779. The highest BCUT2D eigenvalue weighted by molar-refractivity contribution is 7.13. The predicted molar refractivity (Wildman–Crippen MR) is 91.0 cm³/mol. The number of imidazole rings is 1. The van der Waals surface area contributed by atoms with Gasteiger partial charge >= 0.3 is 0 Å². The fourth-order valence-electron chi connectivity index (χ4n) is 3.24. The Balaban J connectivity index is 1.79. The van der Waals surface area contributed by atoms with Crippen LogP contribution >= 0.6 is 11.3 Å². The van der Waals surface area contributed by atoms with Crippen LogP contribution in [-0.2, 0) is 6.42 Å². The lowest BCUT2D eigenvalue weighted by atomic mass is 9.96. The Labute approximate surface area is 143 Å². The molecule has 1 atom stereocenters. The van der Waals surface area contributed by atoms with Gasteiger partial charge in [0.15, 0.2) is 0 Å². The number of hydrogen-bond donors (Lipinski definition) is 1. The number of pyridine rings is 1. The minimum Gasteiger partial charge on any atom is -0.348 e. The van der Waals surface area contributed by atoms with E-state index in [1.807, 2.05) is 30.9 Å². The van der Waals surface area contributed by atoms with E-state index in [4.69, 9.17) is 0 Å². The molecule has 1 amide bonds. The number of aryl methyl sites for hydroxylation is 2. The minimum absolute atomic E-state index is 0.0218. The molecule has 0 radical (unpaired) electrons. The number of nitrogens with one attached hydrogen (secondary N) is 1. The molecule has 7 heteroatoms. The summed E-state index contributed by atoms with van der Waals surface area (Å²) in [7, 11) is 0. The fourth-order valence-corrected chi connectivity index (χ4v) is 4.11. The van der Waals surface area contributed by atoms with E-state index in [-0.39, 0.29) is 11.9 Å². The highest BCUT2D eigenvalue weighted by Crippen LogP contribution is 2.35. The van der Waals surface area contributed by atoms with Gasteiger partial charge in [0.1, 0.15) is 10.9 Å². The van der Waals surface area contributed by atoms with Crippen LogP contribution in [-0.4, -0.2) is 37.3 Å². The van der Waals surface area contributed by atoms with Gasteiger partial charge in [-0.3, -0.25) is 9.78 Å². The second-order valence-corrected chi connectivity index (χ2v) is 7.05. The maximum absolute atomic E-state index is 13.2. The Morgan fingerprint density at radius 2 is 2.12 bits per heavy atom. The molecule has 1 N–H and O–H groups in total. The number of fused-ring (bicyclic) bond motifs is 1. The molecule has 1 aliphatic heterocycles. The smallest absolute Gasteiger partial charge is 0.266 e. The van der Waals surface area contributed by atoms with Gasteiger partial charge in [-0.05, 0) is 31.5 Å². The van der Waals surface area contributed by atoms with Crippen LogP contribution in [0.15, 0.2) is 30.9 Å². The van der Waals surface area contributed by atoms with E-state index in [0.29, 0.717) is 11.4 Å². The first-order valence-corrected chi connectivity index (χ1v) is 8.64. The number of amides is 1. The summed E-state index contributed by atoms with van der Waals surface area (Å²) in [6.45, 7) is 4.47. The monoisotopic (exact) mass is 339 g/mol. The first kappa shape index (κ1) is 15.0. The van der Waals surface area contributed by atoms with Crippen LogP contribution in [0.5, 0.6) is 0 Å². The molecule has 122 valence electrons. The number of nitrogens with zero attached hydrogens (tertiary/aromatic N) is 4. The molecule has 24 heavy (non-hydrogen) atoms. The van der Waals surface area contributed by atoms with E-state index >= 15 is 0 Å². The summed E-state index contributed by atoms with van der Waals surface area (Å²) in [6.07, 6.45) is 5.98. The zero-order valence-electron chi connectivity index (χ0n) is 13.5. The second kappa shape index (κ2) is 5.83. The molecule has 6 nitrogen and oxygen atoms in total. The molecule has 0 bridgehead atoms. The van der Waals surface area contributed by atoms with Crippen molar-refractivity contribution in [2.24, 2.45) is 0 Å². The van der Waals surface area contributed by atoms with Crippen LogP contribution < -0.4 is 0 Å². The van der Waals surface area contributed by atoms with E-state index in [1.54, 1.807) is 18.7 Å². The number of hydrogen-bond acceptors (Lipinski definition) is 5. The number of carbonyl (C=O) groups is 1. The fraction of sp³-hybridized carbons (Fsp3) is 0.294. The van der Waals surface area contributed by atoms with Gasteiger partial charge in [-0.1, -0.05) is 0 Å². The summed E-state index contributed by atoms with van der Waals surface area (Å²) in [6, 6.07) is 3.69. The Morgan fingerprint density at radius 1 is 1.33 bits per heavy atom. The lowest BCUT2D eigenvalue weighted by Crippen LogP contribution is -2.40. The maximum Gasteiger partial charge on any atom is 0.266 e. The first-order chi connectivity index (χ1) is 11.6. The molecule has 4 heterocycles. The summed E-state index contributed by atoms with van der Waals surface area (Å²) in [5, 5.41) is 0.911. The van der Waals surface area contributed by atoms with Crippen LogP contribution in [0.2, 0.25) is 0 Å². The van der Waals surface area contributed by atoms with E-state index in [9.17, 15) is 4.79 Å². The molecule has 0 fully saturated rings. The van der Waals surface area contributed by atoms with Crippen LogP contribution in [0.4, 0.5) is 0 Å².